The minimum atomic E-state index is 0.344. The molecule has 2 aromatic carbocycles. The second-order valence-corrected chi connectivity index (χ2v) is 3.09. The maximum Gasteiger partial charge on any atom is 0.123 e. The number of phenols is 1. The molecule has 0 fully saturated rings. The number of fused-ring (bicyclic) bond motifs is 1. The summed E-state index contributed by atoms with van der Waals surface area (Å²) >= 11 is 0. The van der Waals surface area contributed by atoms with Gasteiger partial charge in [-0.05, 0) is 30.4 Å². The van der Waals surface area contributed by atoms with Crippen LogP contribution in [0.25, 0.3) is 10.8 Å². The molecule has 0 spiro atoms. The summed E-state index contributed by atoms with van der Waals surface area (Å²) in [5.41, 5.74) is 1.07. The van der Waals surface area contributed by atoms with Crippen molar-refractivity contribution < 1.29 is 5.11 Å². The van der Waals surface area contributed by atoms with E-state index in [4.69, 9.17) is 0 Å². The summed E-state index contributed by atoms with van der Waals surface area (Å²) in [5, 5.41) is 11.6. The molecule has 1 nitrogen and oxygen atoms in total. The SMILES string of the molecule is [CH2]Cc1cc(O)c2ccccc2c1. The monoisotopic (exact) mass is 171 g/mol. The molecule has 1 heteroatoms. The predicted molar refractivity (Wildman–Crippen MR) is 54.7 cm³/mol. The first-order chi connectivity index (χ1) is 6.31. The molecular formula is C12H11O. The average Bonchev–Trinajstić information content (AvgIpc) is 2.18. The van der Waals surface area contributed by atoms with Crippen LogP contribution in [0.15, 0.2) is 36.4 Å². The zero-order valence-corrected chi connectivity index (χ0v) is 7.33. The molecule has 1 radical (unpaired) electrons. The van der Waals surface area contributed by atoms with Gasteiger partial charge in [0.1, 0.15) is 5.75 Å². The fraction of sp³-hybridized carbons (Fsp3) is 0.0833. The van der Waals surface area contributed by atoms with E-state index in [-0.39, 0.29) is 0 Å². The summed E-state index contributed by atoms with van der Waals surface area (Å²) in [7, 11) is 0. The molecule has 0 aliphatic heterocycles. The van der Waals surface area contributed by atoms with E-state index in [1.807, 2.05) is 24.3 Å². The first-order valence-electron chi connectivity index (χ1n) is 4.31. The minimum Gasteiger partial charge on any atom is -0.507 e. The first-order valence-corrected chi connectivity index (χ1v) is 4.31. The topological polar surface area (TPSA) is 20.2 Å². The van der Waals surface area contributed by atoms with Crippen LogP contribution >= 0.6 is 0 Å². The van der Waals surface area contributed by atoms with E-state index in [2.05, 4.69) is 13.0 Å². The van der Waals surface area contributed by atoms with Crippen molar-refractivity contribution in [3.8, 4) is 5.75 Å². The lowest BCUT2D eigenvalue weighted by molar-refractivity contribution is 0.481. The Morgan fingerprint density at radius 1 is 1.15 bits per heavy atom. The quantitative estimate of drug-likeness (QED) is 0.699. The van der Waals surface area contributed by atoms with Crippen LogP contribution in [0.2, 0.25) is 0 Å². The van der Waals surface area contributed by atoms with Gasteiger partial charge in [0.2, 0.25) is 0 Å². The van der Waals surface area contributed by atoms with E-state index >= 15 is 0 Å². The molecule has 0 unspecified atom stereocenters. The fourth-order valence-corrected chi connectivity index (χ4v) is 1.50. The van der Waals surface area contributed by atoms with Crippen LogP contribution in [0.5, 0.6) is 5.75 Å². The Balaban J connectivity index is 2.77. The van der Waals surface area contributed by atoms with Gasteiger partial charge in [-0.3, -0.25) is 0 Å². The highest BCUT2D eigenvalue weighted by Crippen LogP contribution is 2.26. The predicted octanol–water partition coefficient (Wildman–Crippen LogP) is 2.92. The molecule has 0 aliphatic carbocycles. The Labute approximate surface area is 77.6 Å². The van der Waals surface area contributed by atoms with Crippen molar-refractivity contribution in [2.24, 2.45) is 0 Å². The molecule has 0 amide bonds. The summed E-state index contributed by atoms with van der Waals surface area (Å²) in [6.45, 7) is 3.79. The third-order valence-corrected chi connectivity index (χ3v) is 2.19. The Hall–Kier alpha value is -1.50. The van der Waals surface area contributed by atoms with Gasteiger partial charge in [0.25, 0.3) is 0 Å². The van der Waals surface area contributed by atoms with Gasteiger partial charge in [-0.25, -0.2) is 0 Å². The molecule has 2 aromatic rings. The fourth-order valence-electron chi connectivity index (χ4n) is 1.50. The largest absolute Gasteiger partial charge is 0.507 e. The van der Waals surface area contributed by atoms with E-state index in [1.165, 1.54) is 0 Å². The van der Waals surface area contributed by atoms with Gasteiger partial charge in [0.05, 0.1) is 0 Å². The molecule has 0 bridgehead atoms. The highest BCUT2D eigenvalue weighted by atomic mass is 16.3. The van der Waals surface area contributed by atoms with Crippen LogP contribution < -0.4 is 0 Å². The number of hydrogen-bond acceptors (Lipinski definition) is 1. The van der Waals surface area contributed by atoms with Crippen molar-refractivity contribution >= 4 is 10.8 Å². The van der Waals surface area contributed by atoms with Gasteiger partial charge >= 0.3 is 0 Å². The molecule has 65 valence electrons. The second-order valence-electron chi connectivity index (χ2n) is 3.09. The van der Waals surface area contributed by atoms with E-state index in [9.17, 15) is 5.11 Å². The highest BCUT2D eigenvalue weighted by Gasteiger charge is 2.00. The van der Waals surface area contributed by atoms with Crippen LogP contribution in [0.3, 0.4) is 0 Å². The Morgan fingerprint density at radius 2 is 1.92 bits per heavy atom. The van der Waals surface area contributed by atoms with Crippen molar-refractivity contribution in [2.75, 3.05) is 0 Å². The molecule has 0 heterocycles. The maximum absolute atomic E-state index is 9.66. The van der Waals surface area contributed by atoms with Crippen molar-refractivity contribution in [3.63, 3.8) is 0 Å². The van der Waals surface area contributed by atoms with Crippen LogP contribution in [-0.2, 0) is 6.42 Å². The van der Waals surface area contributed by atoms with Gasteiger partial charge in [-0.15, -0.1) is 0 Å². The maximum atomic E-state index is 9.66. The lowest BCUT2D eigenvalue weighted by Crippen LogP contribution is -1.81. The van der Waals surface area contributed by atoms with Crippen molar-refractivity contribution in [1.82, 2.24) is 0 Å². The number of hydrogen-bond donors (Lipinski definition) is 1. The molecular weight excluding hydrogens is 160 g/mol. The Morgan fingerprint density at radius 3 is 2.69 bits per heavy atom. The minimum absolute atomic E-state index is 0.344. The van der Waals surface area contributed by atoms with Gasteiger partial charge < -0.3 is 5.11 Å². The van der Waals surface area contributed by atoms with Crippen LogP contribution in [0.1, 0.15) is 5.56 Å². The summed E-state index contributed by atoms with van der Waals surface area (Å²) in [6.07, 6.45) is 0.707. The van der Waals surface area contributed by atoms with Crippen molar-refractivity contribution in [2.45, 2.75) is 6.42 Å². The molecule has 0 aromatic heterocycles. The smallest absolute Gasteiger partial charge is 0.123 e. The van der Waals surface area contributed by atoms with Crippen LogP contribution in [-0.4, -0.2) is 5.11 Å². The molecule has 1 N–H and O–H groups in total. The van der Waals surface area contributed by atoms with Gasteiger partial charge in [0, 0.05) is 5.39 Å². The zero-order chi connectivity index (χ0) is 9.26. The average molecular weight is 171 g/mol. The first kappa shape index (κ1) is 8.11. The Bertz CT molecular complexity index is 432. The summed E-state index contributed by atoms with van der Waals surface area (Å²) in [4.78, 5) is 0. The molecule has 0 atom stereocenters. The molecule has 0 aliphatic rings. The van der Waals surface area contributed by atoms with E-state index in [1.54, 1.807) is 6.07 Å². The number of benzene rings is 2. The van der Waals surface area contributed by atoms with Crippen LogP contribution in [0.4, 0.5) is 0 Å². The molecule has 13 heavy (non-hydrogen) atoms. The second kappa shape index (κ2) is 3.09. The Kier molecular flexibility index (Phi) is 1.93. The third kappa shape index (κ3) is 1.37. The van der Waals surface area contributed by atoms with E-state index in [0.29, 0.717) is 12.2 Å². The van der Waals surface area contributed by atoms with Gasteiger partial charge in [-0.2, -0.15) is 0 Å². The molecule has 2 rings (SSSR count). The van der Waals surface area contributed by atoms with E-state index in [0.717, 1.165) is 16.3 Å². The van der Waals surface area contributed by atoms with Gasteiger partial charge in [0.15, 0.2) is 0 Å². The zero-order valence-electron chi connectivity index (χ0n) is 7.33. The lowest BCUT2D eigenvalue weighted by atomic mass is 10.0. The highest BCUT2D eigenvalue weighted by molar-refractivity contribution is 5.88. The summed E-state index contributed by atoms with van der Waals surface area (Å²) < 4.78 is 0. The third-order valence-electron chi connectivity index (χ3n) is 2.19. The number of phenolic OH excluding ortho intramolecular Hbond substituents is 1. The molecule has 0 saturated heterocycles. The van der Waals surface area contributed by atoms with Crippen molar-refractivity contribution in [1.29, 1.82) is 0 Å². The summed E-state index contributed by atoms with van der Waals surface area (Å²) in [6, 6.07) is 11.6. The van der Waals surface area contributed by atoms with Gasteiger partial charge in [-0.1, -0.05) is 30.3 Å². The van der Waals surface area contributed by atoms with Crippen LogP contribution in [0, 0.1) is 6.92 Å². The number of aromatic hydroxyl groups is 1. The standard InChI is InChI=1S/C12H11O/c1-2-9-7-10-5-3-4-6-11(10)12(13)8-9/h3-8,13H,1-2H2. The van der Waals surface area contributed by atoms with Crippen molar-refractivity contribution in [3.05, 3.63) is 48.9 Å². The summed E-state index contributed by atoms with van der Waals surface area (Å²) in [5.74, 6) is 0.344. The lowest BCUT2D eigenvalue weighted by Gasteiger charge is -2.03. The normalized spacial score (nSPS) is 10.5. The molecule has 0 saturated carbocycles. The van der Waals surface area contributed by atoms with E-state index < -0.39 is 0 Å². The number of rotatable bonds is 1.